The average Bonchev–Trinajstić information content (AvgIpc) is 2.96. The van der Waals surface area contributed by atoms with Crippen LogP contribution >= 0.6 is 11.6 Å². The molecule has 4 N–H and O–H groups in total. The Labute approximate surface area is 197 Å². The monoisotopic (exact) mass is 474 g/mol. The minimum absolute atomic E-state index is 0.0980. The molecule has 3 aromatic rings. The lowest BCUT2D eigenvalue weighted by atomic mass is 10.1. The van der Waals surface area contributed by atoms with E-state index in [0.29, 0.717) is 38.4 Å². The number of halogens is 3. The Balaban J connectivity index is 1.69. The number of guanidine groups is 1. The Kier molecular flexibility index (Phi) is 5.43. The second-order valence-corrected chi connectivity index (χ2v) is 7.85. The first-order valence-corrected chi connectivity index (χ1v) is 10.4. The van der Waals surface area contributed by atoms with Crippen molar-refractivity contribution in [1.82, 2.24) is 5.32 Å². The fourth-order valence-electron chi connectivity index (χ4n) is 3.74. The molecule has 2 heterocycles. The molecule has 2 aliphatic rings. The van der Waals surface area contributed by atoms with Gasteiger partial charge in [-0.1, -0.05) is 29.8 Å². The van der Waals surface area contributed by atoms with Gasteiger partial charge in [0.15, 0.2) is 0 Å². The highest BCUT2D eigenvalue weighted by molar-refractivity contribution is 6.30. The van der Waals surface area contributed by atoms with E-state index in [9.17, 15) is 13.6 Å². The van der Waals surface area contributed by atoms with Crippen LogP contribution in [0.3, 0.4) is 0 Å². The third kappa shape index (κ3) is 3.84. The van der Waals surface area contributed by atoms with E-state index in [0.717, 1.165) is 0 Å². The van der Waals surface area contributed by atoms with Crippen molar-refractivity contribution in [2.24, 2.45) is 15.7 Å². The number of anilines is 1. The molecule has 5 rings (SSSR count). The van der Waals surface area contributed by atoms with Crippen LogP contribution in [0.4, 0.5) is 14.5 Å². The zero-order valence-electron chi connectivity index (χ0n) is 17.4. The normalized spacial score (nSPS) is 14.3. The van der Waals surface area contributed by atoms with Crippen LogP contribution < -0.4 is 26.8 Å². The summed E-state index contributed by atoms with van der Waals surface area (Å²) in [6.07, 6.45) is 3.02. The largest absolute Gasteiger partial charge is 0.366 e. The molecule has 1 amide bonds. The van der Waals surface area contributed by atoms with Crippen LogP contribution in [0.25, 0.3) is 11.4 Å². The summed E-state index contributed by atoms with van der Waals surface area (Å²) >= 11 is 6.24. The lowest BCUT2D eigenvalue weighted by Gasteiger charge is -2.19. The molecule has 0 aliphatic carbocycles. The molecule has 9 heteroatoms. The molecule has 2 aliphatic heterocycles. The molecule has 0 bridgehead atoms. The van der Waals surface area contributed by atoms with Gasteiger partial charge in [-0.3, -0.25) is 9.79 Å². The van der Waals surface area contributed by atoms with Crippen LogP contribution in [0.2, 0.25) is 5.02 Å². The summed E-state index contributed by atoms with van der Waals surface area (Å²) in [6, 6.07) is 16.2. The van der Waals surface area contributed by atoms with E-state index in [2.05, 4.69) is 26.7 Å². The number of benzene rings is 3. The van der Waals surface area contributed by atoms with Gasteiger partial charge in [0, 0.05) is 33.4 Å². The average molecular weight is 475 g/mol. The number of primary amides is 1. The highest BCUT2D eigenvalue weighted by Crippen LogP contribution is 2.23. The number of rotatable bonds is 3. The number of amides is 1. The van der Waals surface area contributed by atoms with E-state index < -0.39 is 17.5 Å². The van der Waals surface area contributed by atoms with Crippen LogP contribution in [-0.2, 0) is 0 Å². The molecular weight excluding hydrogens is 460 g/mol. The topological polar surface area (TPSA) is 91.9 Å². The SMILES string of the molecule is NC(=O)c1cc[c]cc1NC1=NC=C2C=NC(c3c(F)cccc3F)=c3cc(Cl)ccc3=C2N1. The van der Waals surface area contributed by atoms with Gasteiger partial charge in [-0.25, -0.2) is 13.8 Å². The maximum atomic E-state index is 14.7. The summed E-state index contributed by atoms with van der Waals surface area (Å²) in [6.45, 7) is 0. The van der Waals surface area contributed by atoms with Gasteiger partial charge in [0.25, 0.3) is 5.91 Å². The van der Waals surface area contributed by atoms with Gasteiger partial charge in [-0.2, -0.15) is 0 Å². The van der Waals surface area contributed by atoms with Gasteiger partial charge in [-0.05, 0) is 42.5 Å². The fourth-order valence-corrected chi connectivity index (χ4v) is 3.91. The Morgan fingerprint density at radius 3 is 2.68 bits per heavy atom. The molecule has 1 radical (unpaired) electrons. The summed E-state index contributed by atoms with van der Waals surface area (Å²) < 4.78 is 29.3. The number of carbonyl (C=O) groups is 1. The lowest BCUT2D eigenvalue weighted by molar-refractivity contribution is 0.100. The third-order valence-corrected chi connectivity index (χ3v) is 5.52. The van der Waals surface area contributed by atoms with Crippen molar-refractivity contribution in [3.05, 3.63) is 111 Å². The molecule has 0 aromatic heterocycles. The number of nitrogens with zero attached hydrogens (tertiary/aromatic N) is 2. The number of carbonyl (C=O) groups excluding carboxylic acids is 1. The van der Waals surface area contributed by atoms with Gasteiger partial charge in [0.2, 0.25) is 5.96 Å². The smallest absolute Gasteiger partial charge is 0.250 e. The molecule has 0 saturated carbocycles. The molecule has 3 aromatic carbocycles. The molecule has 0 saturated heterocycles. The maximum Gasteiger partial charge on any atom is 0.250 e. The summed E-state index contributed by atoms with van der Waals surface area (Å²) in [5, 5.41) is 7.63. The first-order chi connectivity index (χ1) is 16.4. The predicted molar refractivity (Wildman–Crippen MR) is 128 cm³/mol. The van der Waals surface area contributed by atoms with E-state index in [4.69, 9.17) is 17.3 Å². The second kappa shape index (κ2) is 8.57. The van der Waals surface area contributed by atoms with Crippen LogP contribution in [0, 0.1) is 17.7 Å². The van der Waals surface area contributed by atoms with Gasteiger partial charge in [-0.15, -0.1) is 0 Å². The second-order valence-electron chi connectivity index (χ2n) is 7.42. The molecule has 0 unspecified atom stereocenters. The zero-order valence-corrected chi connectivity index (χ0v) is 18.1. The molecule has 0 spiro atoms. The summed E-state index contributed by atoms with van der Waals surface area (Å²) in [5.74, 6) is -1.79. The Bertz CT molecular complexity index is 1560. The number of nitrogens with one attached hydrogen (secondary N) is 2. The van der Waals surface area contributed by atoms with E-state index in [1.807, 2.05) is 0 Å². The van der Waals surface area contributed by atoms with Gasteiger partial charge in [0.1, 0.15) is 11.6 Å². The number of hydrogen-bond acceptors (Lipinski definition) is 5. The third-order valence-electron chi connectivity index (χ3n) is 5.29. The van der Waals surface area contributed by atoms with Gasteiger partial charge >= 0.3 is 0 Å². The summed E-state index contributed by atoms with van der Waals surface area (Å²) in [7, 11) is 0. The van der Waals surface area contributed by atoms with Gasteiger partial charge in [0.05, 0.1) is 28.2 Å². The van der Waals surface area contributed by atoms with Crippen molar-refractivity contribution in [1.29, 1.82) is 0 Å². The predicted octanol–water partition coefficient (Wildman–Crippen LogP) is 2.82. The molecule has 0 fully saturated rings. The molecule has 0 atom stereocenters. The maximum absolute atomic E-state index is 14.7. The van der Waals surface area contributed by atoms with E-state index in [1.54, 1.807) is 42.6 Å². The highest BCUT2D eigenvalue weighted by atomic mass is 35.5. The minimum Gasteiger partial charge on any atom is -0.366 e. The van der Waals surface area contributed by atoms with Crippen molar-refractivity contribution in [3.8, 4) is 0 Å². The number of nitrogens with two attached hydrogens (primary N) is 1. The molecule has 34 heavy (non-hydrogen) atoms. The number of fused-ring (bicyclic) bond motifs is 2. The van der Waals surface area contributed by atoms with Crippen molar-refractivity contribution in [2.45, 2.75) is 0 Å². The minimum atomic E-state index is -0.743. The number of hydrogen-bond donors (Lipinski definition) is 3. The van der Waals surface area contributed by atoms with E-state index in [1.165, 1.54) is 24.4 Å². The van der Waals surface area contributed by atoms with Gasteiger partial charge < -0.3 is 16.4 Å². The fraction of sp³-hybridized carbons (Fsp3) is 0. The first-order valence-electron chi connectivity index (χ1n) is 10.1. The summed E-state index contributed by atoms with van der Waals surface area (Å²) in [4.78, 5) is 20.5. The number of aliphatic imine (C=N–C) groups is 2. The standard InChI is InChI=1S/C25H15ClF2N5O/c26-14-8-9-15-17(10-14)23(21-18(27)5-3-6-19(21)28)30-11-13-12-31-25(33-22(13)15)32-20-7-2-1-4-16(20)24(29)34/h1,3-12H,(H2,29,34)(H2,31,32,33). The lowest BCUT2D eigenvalue weighted by Crippen LogP contribution is -2.40. The Morgan fingerprint density at radius 1 is 1.12 bits per heavy atom. The molecular formula is C25H15ClF2N5O. The summed E-state index contributed by atoms with van der Waals surface area (Å²) in [5.41, 5.74) is 7.14. The first kappa shape index (κ1) is 21.5. The van der Waals surface area contributed by atoms with Crippen molar-refractivity contribution >= 4 is 46.8 Å². The Morgan fingerprint density at radius 2 is 1.91 bits per heavy atom. The van der Waals surface area contributed by atoms with Crippen LogP contribution in [0.1, 0.15) is 15.9 Å². The van der Waals surface area contributed by atoms with E-state index >= 15 is 0 Å². The molecule has 6 nitrogen and oxygen atoms in total. The molecule has 167 valence electrons. The van der Waals surface area contributed by atoms with E-state index in [-0.39, 0.29) is 16.8 Å². The van der Waals surface area contributed by atoms with Crippen LogP contribution in [0.5, 0.6) is 0 Å². The van der Waals surface area contributed by atoms with Crippen molar-refractivity contribution < 1.29 is 13.6 Å². The van der Waals surface area contributed by atoms with Crippen LogP contribution in [-0.4, -0.2) is 18.1 Å². The Hall–Kier alpha value is -4.30. The van der Waals surface area contributed by atoms with Crippen molar-refractivity contribution in [2.75, 3.05) is 5.32 Å². The van der Waals surface area contributed by atoms with Crippen LogP contribution in [0.15, 0.2) is 76.4 Å². The highest BCUT2D eigenvalue weighted by Gasteiger charge is 2.21. The van der Waals surface area contributed by atoms with Crippen molar-refractivity contribution in [3.63, 3.8) is 0 Å². The zero-order chi connectivity index (χ0) is 23.8. The quantitative estimate of drug-likeness (QED) is 0.545.